The molecule has 0 radical (unpaired) electrons. The summed E-state index contributed by atoms with van der Waals surface area (Å²) in [6.07, 6.45) is 15.5. The van der Waals surface area contributed by atoms with Crippen molar-refractivity contribution < 1.29 is 86.3 Å². The number of ether oxygens (including phenoxy) is 10. The number of rotatable bonds is 20. The van der Waals surface area contributed by atoms with Crippen molar-refractivity contribution in [2.45, 2.75) is 153 Å². The number of amides is 4. The lowest BCUT2D eigenvalue weighted by molar-refractivity contribution is -0.139. The molecule has 12 heterocycles. The first-order valence-electron chi connectivity index (χ1n) is 46.6. The molecule has 1 N–H and O–H groups in total. The molecule has 136 heavy (non-hydrogen) atoms. The number of nitrogens with zero attached hydrogens (tertiary/aromatic N) is 11. The van der Waals surface area contributed by atoms with E-state index in [-0.39, 0.29) is 41.8 Å². The maximum Gasteiger partial charge on any atom is 0.341 e. The number of fused-ring (bicyclic) bond motifs is 16. The molecule has 4 spiro atoms. The summed E-state index contributed by atoms with van der Waals surface area (Å²) in [6.45, 7) is 20.9. The molecule has 20 rings (SSSR count). The highest BCUT2D eigenvalue weighted by atomic mass is 32.2. The van der Waals surface area contributed by atoms with Gasteiger partial charge in [-0.15, -0.1) is 0 Å². The van der Waals surface area contributed by atoms with Gasteiger partial charge in [0.25, 0.3) is 23.6 Å². The van der Waals surface area contributed by atoms with Gasteiger partial charge in [0.15, 0.2) is 50.6 Å². The predicted octanol–water partition coefficient (Wildman–Crippen LogP) is 17.4. The smallest absolute Gasteiger partial charge is 0.341 e. The maximum atomic E-state index is 13.5. The van der Waals surface area contributed by atoms with Gasteiger partial charge in [-0.2, -0.15) is 10.2 Å². The van der Waals surface area contributed by atoms with Gasteiger partial charge in [-0.25, -0.2) is 18.2 Å². The van der Waals surface area contributed by atoms with Crippen LogP contribution in [0.2, 0.25) is 0 Å². The largest absolute Gasteiger partial charge is 0.493 e. The molecule has 8 aliphatic heterocycles. The summed E-state index contributed by atoms with van der Waals surface area (Å²) in [5, 5.41) is 18.1. The highest BCUT2D eigenvalue weighted by Crippen LogP contribution is 2.54. The van der Waals surface area contributed by atoms with Gasteiger partial charge >= 0.3 is 5.97 Å². The van der Waals surface area contributed by atoms with Crippen molar-refractivity contribution in [1.29, 1.82) is 0 Å². The number of aromatic nitrogens is 7. The van der Waals surface area contributed by atoms with Crippen molar-refractivity contribution in [3.05, 3.63) is 263 Å². The van der Waals surface area contributed by atoms with Crippen LogP contribution in [-0.4, -0.2) is 202 Å². The van der Waals surface area contributed by atoms with Crippen LogP contribution in [0.5, 0.6) is 51.7 Å². The Kier molecular flexibility index (Phi) is 27.1. The number of hydrogen-bond acceptors (Lipinski definition) is 20. The van der Waals surface area contributed by atoms with E-state index in [1.165, 1.54) is 19.4 Å². The molecule has 8 aromatic carbocycles. The minimum Gasteiger partial charge on any atom is -0.493 e. The zero-order valence-electron chi connectivity index (χ0n) is 79.1. The first-order chi connectivity index (χ1) is 65.6. The standard InChI is InChI=1S/C30H37N3O5.C26H29N3O3.C25H27N3O4S.C25H24N2O6.H2/c1-21(2)11-17-37-26-10-9-22(19-27(26)36-4)29(34)32-14-12-30(13-15-32)24-20-31-33(16-18-35-3)28(24)23-7-5-6-8-25(23)38-30;1-17(2)31-21-10-9-19(15-18(21)3)25(30)29-13-11-26(12-14-29)24-23(28(4)16-27-24)20-7-5-6-8-22(20)32-26;1-4-28-23-19-7-5-6-8-21(19)32-25(20(23)16-26-28)11-13-27(14-12-25)24(29)18-9-10-22(17(2)15-18)33(3,30)31;1-31-21-15-17(8-9-20(21)32-16-23(28)29)24(30)26-13-10-25(11-14-26)22-7-4-12-27(22)18-5-2-3-6-19(18)33-25;/h5-10,19-21H,11-18H2,1-4H3;5-10,15-17H,11-14H2,1-4H3;5-10,15-16H,4,11-14H2,1-3H3;2-9,12,15H,10-11,13-14,16H2,1H3,(H,28,29);1H. The Hall–Kier alpha value is -13.9. The molecule has 0 saturated carbocycles. The SMILES string of the molecule is CCn1ncc2c1-c1ccccc1OC21CCN(C(=O)c2ccc(S(C)(=O)=O)c(C)c2)CC1.COCCn1ncc2c1-c1ccccc1OC21CCN(C(=O)c2ccc(OCCC(C)C)c(OC)c2)CC1.COc1cc(C(=O)N2CCC3(CC2)Oc2ccccc2-n2cccc23)ccc1OCC(=O)O.Cc1cc(C(=O)N2CCC3(CC2)Oc2ccccc2-c2c3ncn2C)ccc1OC(C)C.[HH]. The lowest BCUT2D eigenvalue weighted by atomic mass is 9.81. The molecule has 0 atom stereocenters. The molecule has 712 valence electrons. The van der Waals surface area contributed by atoms with E-state index in [9.17, 15) is 32.4 Å². The summed E-state index contributed by atoms with van der Waals surface area (Å²) in [5.74, 6) is 5.42. The van der Waals surface area contributed by atoms with Crippen LogP contribution in [0.25, 0.3) is 39.5 Å². The first-order valence-corrected chi connectivity index (χ1v) is 48.5. The molecule has 4 fully saturated rings. The van der Waals surface area contributed by atoms with Gasteiger partial charge in [0.05, 0.1) is 92.2 Å². The van der Waals surface area contributed by atoms with Crippen molar-refractivity contribution in [3.63, 3.8) is 0 Å². The molecular weight excluding hydrogens is 1750 g/mol. The highest BCUT2D eigenvalue weighted by molar-refractivity contribution is 7.90. The number of carboxylic acids is 1. The Balaban J connectivity index is 0.000000132. The Morgan fingerprint density at radius 3 is 1.40 bits per heavy atom. The third-order valence-electron chi connectivity index (χ3n) is 27.0. The van der Waals surface area contributed by atoms with E-state index in [0.29, 0.717) is 174 Å². The average molecular weight is 1870 g/mol. The summed E-state index contributed by atoms with van der Waals surface area (Å²) >= 11 is 0. The quantitative estimate of drug-likeness (QED) is 0.0741. The number of carbonyl (C=O) groups is 5. The second-order valence-electron chi connectivity index (χ2n) is 36.5. The minimum absolute atomic E-state index is 0. The molecule has 0 unspecified atom stereocenters. The van der Waals surface area contributed by atoms with Gasteiger partial charge in [-0.3, -0.25) is 28.5 Å². The van der Waals surface area contributed by atoms with E-state index in [0.717, 1.165) is 109 Å². The number of benzene rings is 8. The van der Waals surface area contributed by atoms with Gasteiger partial charge in [-0.05, 0) is 192 Å². The topological polar surface area (TPSA) is 303 Å². The number of para-hydroxylation sites is 5. The van der Waals surface area contributed by atoms with Crippen molar-refractivity contribution >= 4 is 39.4 Å². The molecule has 29 nitrogen and oxygen atoms in total. The van der Waals surface area contributed by atoms with Crippen LogP contribution in [0.4, 0.5) is 0 Å². The normalized spacial score (nSPS) is 16.2. The number of aliphatic carboxylic acids is 1. The third-order valence-corrected chi connectivity index (χ3v) is 28.2. The average Bonchev–Trinajstić information content (AvgIpc) is 1.65. The van der Waals surface area contributed by atoms with E-state index in [4.69, 9.17) is 62.6 Å². The van der Waals surface area contributed by atoms with Gasteiger partial charge in [0.1, 0.15) is 45.6 Å². The minimum atomic E-state index is -3.32. The van der Waals surface area contributed by atoms with Gasteiger partial charge in [-0.1, -0.05) is 62.4 Å². The van der Waals surface area contributed by atoms with E-state index in [1.54, 1.807) is 57.5 Å². The first kappa shape index (κ1) is 93.9. The van der Waals surface area contributed by atoms with Crippen LogP contribution in [0, 0.1) is 19.8 Å². The van der Waals surface area contributed by atoms with Gasteiger partial charge in [0.2, 0.25) is 0 Å². The van der Waals surface area contributed by atoms with Crippen molar-refractivity contribution in [3.8, 4) is 91.2 Å². The molecule has 8 aliphatic rings. The van der Waals surface area contributed by atoms with Crippen LogP contribution < -0.4 is 42.6 Å². The number of sulfone groups is 1. The fourth-order valence-electron chi connectivity index (χ4n) is 19.9. The fourth-order valence-corrected chi connectivity index (χ4v) is 20.8. The molecule has 30 heteroatoms. The molecular formula is C106H119N11O18S. The lowest BCUT2D eigenvalue weighted by Crippen LogP contribution is -2.50. The summed E-state index contributed by atoms with van der Waals surface area (Å²) in [7, 11) is 3.46. The second-order valence-corrected chi connectivity index (χ2v) is 38.5. The van der Waals surface area contributed by atoms with E-state index in [2.05, 4.69) is 65.5 Å². The maximum absolute atomic E-state index is 13.5. The number of carbonyl (C=O) groups excluding carboxylic acids is 4. The number of likely N-dealkylation sites (tertiary alicyclic amines) is 4. The molecule has 12 aromatic rings. The number of carboxylic acid groups (broad SMARTS) is 1. The second kappa shape index (κ2) is 39.2. The number of methoxy groups -OCH3 is 3. The molecule has 0 bridgehead atoms. The molecule has 0 aliphatic carbocycles. The Bertz CT molecular complexity index is 6580. The molecule has 4 saturated heterocycles. The number of hydrogen-bond donors (Lipinski definition) is 1. The van der Waals surface area contributed by atoms with Crippen LogP contribution in [0.1, 0.15) is 169 Å². The van der Waals surface area contributed by atoms with Crippen molar-refractivity contribution in [2.24, 2.45) is 13.0 Å². The van der Waals surface area contributed by atoms with Gasteiger partial charge in [0, 0.05) is 188 Å². The van der Waals surface area contributed by atoms with Crippen LogP contribution in [0.3, 0.4) is 0 Å². The van der Waals surface area contributed by atoms with E-state index in [1.807, 2.05) is 191 Å². The summed E-state index contributed by atoms with van der Waals surface area (Å²) in [4.78, 5) is 76.3. The summed E-state index contributed by atoms with van der Waals surface area (Å²) in [6, 6.07) is 57.1. The third kappa shape index (κ3) is 18.7. The number of piperidine rings is 4. The number of aryl methyl sites for hydroxylation is 4. The number of imidazole rings is 1. The fraction of sp³-hybridized carbons (Fsp3) is 0.377. The van der Waals surface area contributed by atoms with E-state index < -0.39 is 44.8 Å². The van der Waals surface area contributed by atoms with Crippen molar-refractivity contribution in [1.82, 2.24) is 53.3 Å². The molecule has 4 aromatic heterocycles. The van der Waals surface area contributed by atoms with Gasteiger partial charge < -0.3 is 81.2 Å². The lowest BCUT2D eigenvalue weighted by Gasteiger charge is -2.45. The Morgan fingerprint density at radius 2 is 0.919 bits per heavy atom. The summed E-state index contributed by atoms with van der Waals surface area (Å²) in [5.41, 5.74) is 13.6. The highest BCUT2D eigenvalue weighted by Gasteiger charge is 2.51. The zero-order valence-corrected chi connectivity index (χ0v) is 79.9. The Labute approximate surface area is 794 Å². The summed E-state index contributed by atoms with van der Waals surface area (Å²) < 4.78 is 91.6. The van der Waals surface area contributed by atoms with E-state index >= 15 is 0 Å². The monoisotopic (exact) mass is 1870 g/mol. The Morgan fingerprint density at radius 1 is 0.485 bits per heavy atom. The van der Waals surface area contributed by atoms with Crippen LogP contribution in [-0.2, 0) is 61.9 Å². The predicted molar refractivity (Wildman–Crippen MR) is 514 cm³/mol. The van der Waals surface area contributed by atoms with Crippen LogP contribution >= 0.6 is 0 Å². The van der Waals surface area contributed by atoms with Crippen LogP contribution in [0.15, 0.2) is 212 Å². The molecule has 4 amide bonds. The zero-order chi connectivity index (χ0) is 95.5. The van der Waals surface area contributed by atoms with Crippen molar-refractivity contribution in [2.75, 3.05) is 99.8 Å².